The summed E-state index contributed by atoms with van der Waals surface area (Å²) in [6.07, 6.45) is -5.11. The smallest absolute Gasteiger partial charge is 0.266 e. The third-order valence-corrected chi connectivity index (χ3v) is 4.92. The van der Waals surface area contributed by atoms with Crippen molar-refractivity contribution in [2.45, 2.75) is 11.1 Å². The summed E-state index contributed by atoms with van der Waals surface area (Å²) in [6, 6.07) is 3.03. The van der Waals surface area contributed by atoms with E-state index in [1.165, 1.54) is 0 Å². The van der Waals surface area contributed by atoms with Gasteiger partial charge in [-0.1, -0.05) is 0 Å². The van der Waals surface area contributed by atoms with Gasteiger partial charge >= 0.3 is 6.18 Å². The van der Waals surface area contributed by atoms with Crippen molar-refractivity contribution in [1.82, 2.24) is 0 Å². The van der Waals surface area contributed by atoms with Gasteiger partial charge in [0.2, 0.25) is 0 Å². The molecular formula is C14H9F6NO2S. The van der Waals surface area contributed by atoms with E-state index in [2.05, 4.69) is 0 Å². The molecule has 0 aliphatic heterocycles. The Bertz CT molecular complexity index is 879. The molecule has 130 valence electrons. The highest BCUT2D eigenvalue weighted by atomic mass is 32.2. The Hall–Kier alpha value is -2.23. The lowest BCUT2D eigenvalue weighted by atomic mass is 10.2. The lowest BCUT2D eigenvalue weighted by molar-refractivity contribution is -0.140. The molecule has 0 bridgehead atoms. The lowest BCUT2D eigenvalue weighted by Crippen LogP contribution is -2.28. The number of nitrogens with zero attached hydrogens (tertiary/aromatic N) is 1. The molecule has 0 aliphatic rings. The summed E-state index contributed by atoms with van der Waals surface area (Å²) in [5, 5.41) is 0. The highest BCUT2D eigenvalue weighted by molar-refractivity contribution is 7.92. The summed E-state index contributed by atoms with van der Waals surface area (Å²) >= 11 is 0. The van der Waals surface area contributed by atoms with Gasteiger partial charge in [0, 0.05) is 13.1 Å². The average Bonchev–Trinajstić information content (AvgIpc) is 2.48. The fraction of sp³-hybridized carbons (Fsp3) is 0.143. The summed E-state index contributed by atoms with van der Waals surface area (Å²) in [5.74, 6) is -3.69. The molecular weight excluding hydrogens is 360 g/mol. The number of benzene rings is 2. The third-order valence-electron chi connectivity index (χ3n) is 3.15. The van der Waals surface area contributed by atoms with Crippen LogP contribution in [0.1, 0.15) is 5.56 Å². The van der Waals surface area contributed by atoms with Crippen molar-refractivity contribution in [3.05, 3.63) is 59.4 Å². The zero-order valence-electron chi connectivity index (χ0n) is 11.9. The highest BCUT2D eigenvalue weighted by Crippen LogP contribution is 2.34. The molecule has 2 aromatic rings. The molecule has 0 atom stereocenters. The van der Waals surface area contributed by atoms with Crippen LogP contribution in [0.4, 0.5) is 32.0 Å². The zero-order valence-corrected chi connectivity index (χ0v) is 12.7. The van der Waals surface area contributed by atoms with Gasteiger partial charge in [-0.25, -0.2) is 21.6 Å². The first kappa shape index (κ1) is 18.1. The van der Waals surface area contributed by atoms with Gasteiger partial charge < -0.3 is 0 Å². The quantitative estimate of drug-likeness (QED) is 0.769. The molecule has 24 heavy (non-hydrogen) atoms. The summed E-state index contributed by atoms with van der Waals surface area (Å²) in [7, 11) is -3.83. The summed E-state index contributed by atoms with van der Waals surface area (Å²) in [5.41, 5.74) is -2.48. The van der Waals surface area contributed by atoms with Gasteiger partial charge in [0.25, 0.3) is 10.0 Å². The van der Waals surface area contributed by atoms with Gasteiger partial charge in [0.15, 0.2) is 0 Å². The predicted octanol–water partition coefficient (Wildman–Crippen LogP) is 3.95. The van der Waals surface area contributed by atoms with E-state index in [1.54, 1.807) is 0 Å². The van der Waals surface area contributed by atoms with Crippen LogP contribution in [-0.4, -0.2) is 15.5 Å². The Balaban J connectivity index is 2.57. The maximum atomic E-state index is 13.7. The van der Waals surface area contributed by atoms with Gasteiger partial charge in [0.05, 0.1) is 16.1 Å². The Morgan fingerprint density at radius 2 is 1.50 bits per heavy atom. The second kappa shape index (κ2) is 6.00. The average molecular weight is 369 g/mol. The van der Waals surface area contributed by atoms with Crippen LogP contribution >= 0.6 is 0 Å². The third kappa shape index (κ3) is 3.32. The van der Waals surface area contributed by atoms with Crippen LogP contribution in [0.15, 0.2) is 41.3 Å². The van der Waals surface area contributed by atoms with Crippen LogP contribution in [0.2, 0.25) is 0 Å². The summed E-state index contributed by atoms with van der Waals surface area (Å²) in [6.45, 7) is 0. The SMILES string of the molecule is CN(c1cc(F)ccc1F)S(=O)(=O)c1ccc(F)c(C(F)(F)F)c1. The van der Waals surface area contributed by atoms with Crippen LogP contribution < -0.4 is 4.31 Å². The van der Waals surface area contributed by atoms with Crippen LogP contribution in [0.25, 0.3) is 0 Å². The van der Waals surface area contributed by atoms with Crippen molar-refractivity contribution in [2.75, 3.05) is 11.4 Å². The van der Waals surface area contributed by atoms with Crippen LogP contribution in [0.3, 0.4) is 0 Å². The van der Waals surface area contributed by atoms with E-state index in [0.717, 1.165) is 13.1 Å². The molecule has 3 nitrogen and oxygen atoms in total. The fourth-order valence-corrected chi connectivity index (χ4v) is 3.12. The molecule has 0 radical (unpaired) electrons. The molecule has 2 rings (SSSR count). The molecule has 0 saturated heterocycles. The second-order valence-electron chi connectivity index (χ2n) is 4.71. The summed E-state index contributed by atoms with van der Waals surface area (Å²) in [4.78, 5) is -0.914. The number of rotatable bonds is 3. The maximum Gasteiger partial charge on any atom is 0.419 e. The van der Waals surface area contributed by atoms with E-state index in [-0.39, 0.29) is 10.4 Å². The Labute approximate surface area is 133 Å². The first-order valence-electron chi connectivity index (χ1n) is 6.25. The first-order valence-corrected chi connectivity index (χ1v) is 7.69. The maximum absolute atomic E-state index is 13.7. The first-order chi connectivity index (χ1) is 10.9. The van der Waals surface area contributed by atoms with Crippen LogP contribution in [0.5, 0.6) is 0 Å². The standard InChI is InChI=1S/C14H9F6NO2S/c1-21(13-6-8(15)2-4-12(13)17)24(22,23)9-3-5-11(16)10(7-9)14(18,19)20/h2-7H,1H3. The largest absolute Gasteiger partial charge is 0.419 e. The van der Waals surface area contributed by atoms with Crippen molar-refractivity contribution in [3.63, 3.8) is 0 Å². The van der Waals surface area contributed by atoms with E-state index in [1.807, 2.05) is 0 Å². The minimum Gasteiger partial charge on any atom is -0.266 e. The molecule has 10 heteroatoms. The predicted molar refractivity (Wildman–Crippen MR) is 73.3 cm³/mol. The molecule has 0 aliphatic carbocycles. The molecule has 0 heterocycles. The number of hydrogen-bond donors (Lipinski definition) is 0. The number of anilines is 1. The highest BCUT2D eigenvalue weighted by Gasteiger charge is 2.36. The van der Waals surface area contributed by atoms with E-state index < -0.39 is 49.8 Å². The topological polar surface area (TPSA) is 37.4 Å². The van der Waals surface area contributed by atoms with E-state index in [0.29, 0.717) is 24.3 Å². The lowest BCUT2D eigenvalue weighted by Gasteiger charge is -2.21. The van der Waals surface area contributed by atoms with Gasteiger partial charge in [-0.2, -0.15) is 13.2 Å². The van der Waals surface area contributed by atoms with Gasteiger partial charge in [-0.3, -0.25) is 4.31 Å². The van der Waals surface area contributed by atoms with Crippen molar-refractivity contribution < 1.29 is 34.8 Å². The van der Waals surface area contributed by atoms with Crippen molar-refractivity contribution in [1.29, 1.82) is 0 Å². The molecule has 0 spiro atoms. The molecule has 0 N–H and O–H groups in total. The summed E-state index contributed by atoms with van der Waals surface area (Å²) < 4.78 is 103. The van der Waals surface area contributed by atoms with Crippen LogP contribution in [0, 0.1) is 17.5 Å². The Kier molecular flexibility index (Phi) is 4.53. The zero-order chi connectivity index (χ0) is 18.3. The van der Waals surface area contributed by atoms with Crippen molar-refractivity contribution in [3.8, 4) is 0 Å². The van der Waals surface area contributed by atoms with Gasteiger partial charge in [-0.05, 0) is 30.3 Å². The van der Waals surface area contributed by atoms with E-state index in [4.69, 9.17) is 0 Å². The molecule has 0 amide bonds. The van der Waals surface area contributed by atoms with Crippen molar-refractivity contribution >= 4 is 15.7 Å². The monoisotopic (exact) mass is 369 g/mol. The molecule has 0 unspecified atom stereocenters. The second-order valence-corrected chi connectivity index (χ2v) is 6.68. The molecule has 0 fully saturated rings. The number of sulfonamides is 1. The number of alkyl halides is 3. The minimum atomic E-state index is -5.11. The number of hydrogen-bond acceptors (Lipinski definition) is 2. The molecule has 0 aromatic heterocycles. The van der Waals surface area contributed by atoms with E-state index >= 15 is 0 Å². The molecule has 2 aromatic carbocycles. The Morgan fingerprint density at radius 3 is 2.08 bits per heavy atom. The minimum absolute atomic E-state index is 0.0956. The normalized spacial score (nSPS) is 12.3. The van der Waals surface area contributed by atoms with E-state index in [9.17, 15) is 34.8 Å². The van der Waals surface area contributed by atoms with Gasteiger partial charge in [0.1, 0.15) is 17.5 Å². The molecule has 0 saturated carbocycles. The van der Waals surface area contributed by atoms with Crippen molar-refractivity contribution in [2.24, 2.45) is 0 Å². The number of halogens is 6. The van der Waals surface area contributed by atoms with Gasteiger partial charge in [-0.15, -0.1) is 0 Å². The Morgan fingerprint density at radius 1 is 0.917 bits per heavy atom. The van der Waals surface area contributed by atoms with Crippen LogP contribution in [-0.2, 0) is 16.2 Å². The fourth-order valence-electron chi connectivity index (χ4n) is 1.90.